The number of nitro groups is 1. The lowest BCUT2D eigenvalue weighted by Gasteiger charge is -2.31. The van der Waals surface area contributed by atoms with E-state index in [1.807, 2.05) is 0 Å². The number of nitrogens with zero attached hydrogens (tertiary/aromatic N) is 2. The molecule has 2 rings (SSSR count). The summed E-state index contributed by atoms with van der Waals surface area (Å²) < 4.78 is 20.8. The monoisotopic (exact) mass is 486 g/mol. The van der Waals surface area contributed by atoms with Gasteiger partial charge in [-0.3, -0.25) is 10.1 Å². The quantitative estimate of drug-likeness (QED) is 0.190. The van der Waals surface area contributed by atoms with Gasteiger partial charge in [0.15, 0.2) is 11.5 Å². The van der Waals surface area contributed by atoms with Crippen molar-refractivity contribution in [1.29, 1.82) is 0 Å². The van der Waals surface area contributed by atoms with Crippen molar-refractivity contribution in [2.75, 3.05) is 33.9 Å². The molecule has 1 aromatic rings. The molecule has 1 saturated heterocycles. The zero-order valence-corrected chi connectivity index (χ0v) is 19.4. The van der Waals surface area contributed by atoms with Crippen LogP contribution in [0.15, 0.2) is 12.1 Å². The molecular formula is C19H28N3O10Si. The SMILES string of the molecule is COc1cc(COC(=O)N2CCC(OC(=O)NCCC[Si](O)O)CC2)c([N+](=O)[O-])cc1OC. The number of alkyl carbamates (subject to hydrolysis) is 1. The Morgan fingerprint density at radius 2 is 1.85 bits per heavy atom. The lowest BCUT2D eigenvalue weighted by molar-refractivity contribution is -0.385. The van der Waals surface area contributed by atoms with E-state index >= 15 is 0 Å². The first-order valence-electron chi connectivity index (χ1n) is 10.2. The van der Waals surface area contributed by atoms with Crippen molar-refractivity contribution in [3.05, 3.63) is 27.8 Å². The van der Waals surface area contributed by atoms with Gasteiger partial charge in [0.05, 0.1) is 30.8 Å². The van der Waals surface area contributed by atoms with Gasteiger partial charge >= 0.3 is 21.5 Å². The molecule has 1 radical (unpaired) electrons. The minimum absolute atomic E-state index is 0.163. The molecule has 0 bridgehead atoms. The summed E-state index contributed by atoms with van der Waals surface area (Å²) in [6, 6.07) is 2.85. The molecule has 1 heterocycles. The molecule has 0 aliphatic carbocycles. The number of methoxy groups -OCH3 is 2. The van der Waals surface area contributed by atoms with E-state index < -0.39 is 26.4 Å². The Bertz CT molecular complexity index is 830. The number of nitrogens with one attached hydrogen (secondary N) is 1. The van der Waals surface area contributed by atoms with Crippen LogP contribution in [0, 0.1) is 10.1 Å². The topological polar surface area (TPSA) is 170 Å². The van der Waals surface area contributed by atoms with Crippen LogP contribution in [0.25, 0.3) is 0 Å². The second-order valence-corrected chi connectivity index (χ2v) is 8.52. The standard InChI is InChI=1S/C19H28N3O10Si/c1-29-16-10-13(15(22(25)26)11-17(16)30-2)12-31-19(24)21-7-4-14(5-8-21)32-18(23)20-6-3-9-33(27)28/h10-11,14,27-28H,3-9,12H2,1-2H3,(H,20,23). The molecule has 14 heteroatoms. The molecule has 0 aromatic heterocycles. The van der Waals surface area contributed by atoms with E-state index in [4.69, 9.17) is 28.5 Å². The molecule has 1 aliphatic heterocycles. The van der Waals surface area contributed by atoms with Crippen LogP contribution in [0.4, 0.5) is 15.3 Å². The Labute approximate surface area is 192 Å². The first-order valence-corrected chi connectivity index (χ1v) is 11.8. The third kappa shape index (κ3) is 8.07. The van der Waals surface area contributed by atoms with Crippen molar-refractivity contribution in [2.24, 2.45) is 0 Å². The number of amides is 2. The summed E-state index contributed by atoms with van der Waals surface area (Å²) in [6.07, 6.45) is -0.317. The van der Waals surface area contributed by atoms with Gasteiger partial charge < -0.3 is 38.8 Å². The molecule has 0 atom stereocenters. The predicted octanol–water partition coefficient (Wildman–Crippen LogP) is 1.30. The molecule has 0 spiro atoms. The number of likely N-dealkylation sites (tertiary alicyclic amines) is 1. The van der Waals surface area contributed by atoms with Gasteiger partial charge in [-0.25, -0.2) is 9.59 Å². The fraction of sp³-hybridized carbons (Fsp3) is 0.579. The van der Waals surface area contributed by atoms with E-state index in [2.05, 4.69) is 5.32 Å². The van der Waals surface area contributed by atoms with Gasteiger partial charge in [-0.2, -0.15) is 0 Å². The second kappa shape index (κ2) is 12.8. The maximum absolute atomic E-state index is 12.4. The molecule has 33 heavy (non-hydrogen) atoms. The van der Waals surface area contributed by atoms with Crippen LogP contribution in [-0.2, 0) is 16.1 Å². The Kier molecular flexibility index (Phi) is 10.2. The van der Waals surface area contributed by atoms with Gasteiger partial charge in [0, 0.05) is 32.5 Å². The van der Waals surface area contributed by atoms with Crippen LogP contribution >= 0.6 is 0 Å². The molecule has 183 valence electrons. The molecule has 1 fully saturated rings. The van der Waals surface area contributed by atoms with Crippen LogP contribution in [0.5, 0.6) is 11.5 Å². The molecule has 0 unspecified atom stereocenters. The minimum Gasteiger partial charge on any atom is -0.493 e. The largest absolute Gasteiger partial charge is 0.493 e. The fourth-order valence-corrected chi connectivity index (χ4v) is 3.71. The third-order valence-electron chi connectivity index (χ3n) is 4.95. The number of nitro benzene ring substituents is 1. The molecule has 1 aromatic carbocycles. The highest BCUT2D eigenvalue weighted by atomic mass is 28.3. The number of hydrogen-bond acceptors (Lipinski definition) is 10. The van der Waals surface area contributed by atoms with Gasteiger partial charge in [-0.15, -0.1) is 0 Å². The highest BCUT2D eigenvalue weighted by Gasteiger charge is 2.27. The first-order chi connectivity index (χ1) is 15.7. The van der Waals surface area contributed by atoms with E-state index in [1.54, 1.807) is 0 Å². The first kappa shape index (κ1) is 26.2. The lowest BCUT2D eigenvalue weighted by Crippen LogP contribution is -2.42. The molecule has 2 amide bonds. The average molecular weight is 487 g/mol. The highest BCUT2D eigenvalue weighted by molar-refractivity contribution is 6.40. The Morgan fingerprint density at radius 1 is 1.21 bits per heavy atom. The number of carbonyl (C=O) groups excluding carboxylic acids is 2. The lowest BCUT2D eigenvalue weighted by atomic mass is 10.1. The summed E-state index contributed by atoms with van der Waals surface area (Å²) in [5, 5.41) is 13.9. The number of ether oxygens (including phenoxy) is 4. The Balaban J connectivity index is 1.81. The number of benzene rings is 1. The van der Waals surface area contributed by atoms with Gasteiger partial charge in [0.1, 0.15) is 12.7 Å². The van der Waals surface area contributed by atoms with Crippen LogP contribution in [0.1, 0.15) is 24.8 Å². The van der Waals surface area contributed by atoms with E-state index in [1.165, 1.54) is 31.3 Å². The number of piperidine rings is 1. The van der Waals surface area contributed by atoms with Crippen LogP contribution in [-0.4, -0.2) is 80.8 Å². The van der Waals surface area contributed by atoms with Crippen molar-refractivity contribution in [3.63, 3.8) is 0 Å². The van der Waals surface area contributed by atoms with Crippen LogP contribution in [0.2, 0.25) is 6.04 Å². The summed E-state index contributed by atoms with van der Waals surface area (Å²) in [7, 11) is 0.463. The zero-order chi connectivity index (χ0) is 24.4. The van der Waals surface area contributed by atoms with Crippen molar-refractivity contribution < 1.29 is 43.1 Å². The van der Waals surface area contributed by atoms with Crippen molar-refractivity contribution in [2.45, 2.75) is 38.0 Å². The molecular weight excluding hydrogens is 458 g/mol. The molecule has 0 saturated carbocycles. The third-order valence-corrected chi connectivity index (χ3v) is 5.75. The summed E-state index contributed by atoms with van der Waals surface area (Å²) >= 11 is 0. The zero-order valence-electron chi connectivity index (χ0n) is 18.4. The fourth-order valence-electron chi connectivity index (χ4n) is 3.21. The van der Waals surface area contributed by atoms with Crippen LogP contribution < -0.4 is 14.8 Å². The summed E-state index contributed by atoms with van der Waals surface area (Å²) in [5.41, 5.74) is -0.0923. The number of carbonyl (C=O) groups is 2. The van der Waals surface area contributed by atoms with Crippen molar-refractivity contribution in [3.8, 4) is 11.5 Å². The molecule has 1 aliphatic rings. The van der Waals surface area contributed by atoms with Gasteiger partial charge in [0.25, 0.3) is 5.69 Å². The maximum atomic E-state index is 12.4. The minimum atomic E-state index is -2.30. The summed E-state index contributed by atoms with van der Waals surface area (Å²) in [5.74, 6) is 0.470. The molecule has 3 N–H and O–H groups in total. The van der Waals surface area contributed by atoms with Crippen molar-refractivity contribution in [1.82, 2.24) is 10.2 Å². The normalized spacial score (nSPS) is 14.0. The molecule has 13 nitrogen and oxygen atoms in total. The number of hydrogen-bond donors (Lipinski definition) is 3. The van der Waals surface area contributed by atoms with E-state index in [0.29, 0.717) is 32.4 Å². The summed E-state index contributed by atoms with van der Waals surface area (Å²) in [6.45, 7) is 0.553. The van der Waals surface area contributed by atoms with Crippen LogP contribution in [0.3, 0.4) is 0 Å². The second-order valence-electron chi connectivity index (χ2n) is 7.19. The van der Waals surface area contributed by atoms with Gasteiger partial charge in [0.2, 0.25) is 0 Å². The summed E-state index contributed by atoms with van der Waals surface area (Å²) in [4.78, 5) is 54.1. The van der Waals surface area contributed by atoms with Crippen molar-refractivity contribution >= 4 is 27.2 Å². The smallest absolute Gasteiger partial charge is 0.410 e. The highest BCUT2D eigenvalue weighted by Crippen LogP contribution is 2.35. The Morgan fingerprint density at radius 3 is 2.42 bits per heavy atom. The average Bonchev–Trinajstić information content (AvgIpc) is 2.79. The van der Waals surface area contributed by atoms with Gasteiger partial charge in [-0.05, 0) is 18.5 Å². The van der Waals surface area contributed by atoms with E-state index in [0.717, 1.165) is 0 Å². The number of rotatable bonds is 10. The van der Waals surface area contributed by atoms with Gasteiger partial charge in [-0.1, -0.05) is 0 Å². The maximum Gasteiger partial charge on any atom is 0.410 e. The predicted molar refractivity (Wildman–Crippen MR) is 115 cm³/mol. The van der Waals surface area contributed by atoms with E-state index in [-0.39, 0.29) is 48.0 Å². The van der Waals surface area contributed by atoms with E-state index in [9.17, 15) is 19.7 Å². The Hall–Kier alpha value is -3.10.